The topological polar surface area (TPSA) is 139 Å². The summed E-state index contributed by atoms with van der Waals surface area (Å²) in [6, 6.07) is 8.93. The van der Waals surface area contributed by atoms with Crippen molar-refractivity contribution in [2.75, 3.05) is 36.2 Å². The third kappa shape index (κ3) is 6.10. The molecule has 0 radical (unpaired) electrons. The van der Waals surface area contributed by atoms with Crippen LogP contribution in [-0.2, 0) is 11.0 Å². The Morgan fingerprint density at radius 1 is 1.11 bits per heavy atom. The molecule has 11 nitrogen and oxygen atoms in total. The molecule has 0 saturated carbocycles. The van der Waals surface area contributed by atoms with Crippen LogP contribution in [0.2, 0.25) is 0 Å². The van der Waals surface area contributed by atoms with E-state index in [1.807, 2.05) is 0 Å². The second kappa shape index (κ2) is 10.9. The lowest BCUT2D eigenvalue weighted by molar-refractivity contribution is -0.137. The molecule has 0 aliphatic carbocycles. The van der Waals surface area contributed by atoms with Gasteiger partial charge in [-0.05, 0) is 48.0 Å². The molecule has 0 saturated heterocycles. The number of hydrogen-bond acceptors (Lipinski definition) is 8. The largest absolute Gasteiger partial charge is 0.416 e. The average molecular weight is 514 g/mol. The van der Waals surface area contributed by atoms with E-state index >= 15 is 0 Å². The molecule has 37 heavy (non-hydrogen) atoms. The minimum absolute atomic E-state index is 0.0465. The molecule has 4 rings (SSSR count). The Labute approximate surface area is 208 Å². The number of nitrogens with one attached hydrogen (secondary N) is 3. The van der Waals surface area contributed by atoms with Crippen molar-refractivity contribution >= 4 is 40.6 Å². The number of aromatic nitrogens is 4. The van der Waals surface area contributed by atoms with Crippen molar-refractivity contribution in [3.05, 3.63) is 66.2 Å². The maximum absolute atomic E-state index is 13.3. The van der Waals surface area contributed by atoms with Gasteiger partial charge in [-0.25, -0.2) is 19.7 Å². The number of oxime groups is 1. The highest BCUT2D eigenvalue weighted by atomic mass is 19.4. The maximum atomic E-state index is 13.3. The zero-order valence-electron chi connectivity index (χ0n) is 19.3. The number of urea groups is 1. The van der Waals surface area contributed by atoms with Crippen LogP contribution in [0.1, 0.15) is 11.1 Å². The van der Waals surface area contributed by atoms with Crippen molar-refractivity contribution in [1.82, 2.24) is 19.5 Å². The van der Waals surface area contributed by atoms with Gasteiger partial charge in [0.05, 0.1) is 18.4 Å². The lowest BCUT2D eigenvalue weighted by Gasteiger charge is -2.13. The van der Waals surface area contributed by atoms with Crippen LogP contribution in [0.15, 0.2) is 60.3 Å². The normalized spacial score (nSPS) is 11.6. The Balaban J connectivity index is 1.48. The third-order valence-electron chi connectivity index (χ3n) is 4.97. The van der Waals surface area contributed by atoms with Crippen LogP contribution in [0.3, 0.4) is 0 Å². The molecule has 0 aliphatic rings. The average Bonchev–Trinajstić information content (AvgIpc) is 3.31. The van der Waals surface area contributed by atoms with E-state index in [9.17, 15) is 18.0 Å². The van der Waals surface area contributed by atoms with Crippen LogP contribution in [0.4, 0.5) is 35.2 Å². The summed E-state index contributed by atoms with van der Waals surface area (Å²) in [6.07, 6.45) is -0.579. The molecule has 0 bridgehead atoms. The minimum atomic E-state index is -4.64. The zero-order valence-corrected chi connectivity index (χ0v) is 19.3. The van der Waals surface area contributed by atoms with E-state index < -0.39 is 17.8 Å². The van der Waals surface area contributed by atoms with E-state index in [4.69, 9.17) is 9.94 Å². The van der Waals surface area contributed by atoms with Crippen molar-refractivity contribution in [1.29, 1.82) is 0 Å². The fourth-order valence-corrected chi connectivity index (χ4v) is 3.36. The Kier molecular flexibility index (Phi) is 7.48. The van der Waals surface area contributed by atoms with Crippen molar-refractivity contribution in [2.45, 2.75) is 6.18 Å². The van der Waals surface area contributed by atoms with Gasteiger partial charge in [0.1, 0.15) is 19.3 Å². The molecule has 192 valence electrons. The van der Waals surface area contributed by atoms with Crippen molar-refractivity contribution in [2.24, 2.45) is 5.16 Å². The summed E-state index contributed by atoms with van der Waals surface area (Å²) in [5, 5.41) is 20.1. The fourth-order valence-electron chi connectivity index (χ4n) is 3.36. The smallest absolute Gasteiger partial charge is 0.393 e. The molecule has 2 aromatic carbocycles. The number of nitrogens with zero attached hydrogens (tertiary/aromatic N) is 5. The summed E-state index contributed by atoms with van der Waals surface area (Å²) in [4.78, 5) is 29.9. The number of aliphatic hydroxyl groups is 1. The van der Waals surface area contributed by atoms with Crippen LogP contribution in [0.5, 0.6) is 0 Å². The number of hydrogen-bond donors (Lipinski definition) is 4. The Bertz CT molecular complexity index is 1420. The lowest BCUT2D eigenvalue weighted by atomic mass is 10.1. The minimum Gasteiger partial charge on any atom is -0.393 e. The number of halogens is 3. The van der Waals surface area contributed by atoms with Gasteiger partial charge in [-0.1, -0.05) is 5.16 Å². The number of imidazole rings is 1. The molecule has 4 N–H and O–H groups in total. The van der Waals surface area contributed by atoms with E-state index in [1.165, 1.54) is 12.4 Å². The fraction of sp³-hybridized carbons (Fsp3) is 0.174. The van der Waals surface area contributed by atoms with Gasteiger partial charge in [0, 0.05) is 24.1 Å². The van der Waals surface area contributed by atoms with Gasteiger partial charge < -0.3 is 25.9 Å². The summed E-state index contributed by atoms with van der Waals surface area (Å²) in [7, 11) is 1.73. The van der Waals surface area contributed by atoms with Crippen molar-refractivity contribution in [3.63, 3.8) is 0 Å². The number of benzene rings is 2. The van der Waals surface area contributed by atoms with E-state index in [0.717, 1.165) is 24.0 Å². The first-order chi connectivity index (χ1) is 17.8. The highest BCUT2D eigenvalue weighted by Crippen LogP contribution is 2.32. The summed E-state index contributed by atoms with van der Waals surface area (Å²) < 4.78 is 41.7. The molecule has 0 aliphatic heterocycles. The number of alkyl halides is 3. The van der Waals surface area contributed by atoms with E-state index in [2.05, 4.69) is 36.1 Å². The van der Waals surface area contributed by atoms with Gasteiger partial charge in [-0.3, -0.25) is 4.57 Å². The Morgan fingerprint density at radius 2 is 1.86 bits per heavy atom. The number of amides is 2. The summed E-state index contributed by atoms with van der Waals surface area (Å²) in [5.41, 5.74) is 1.28. The second-order valence-corrected chi connectivity index (χ2v) is 7.52. The Hall–Kier alpha value is -4.72. The SMILES string of the molecule is CNc1ncnc2c1ncn2-c1ccc(NC(=O)Nc2cc(C=NOCCO)cc(C(F)(F)F)c2)cc1. The number of rotatable bonds is 8. The summed E-state index contributed by atoms with van der Waals surface area (Å²) in [5.74, 6) is 0.584. The highest BCUT2D eigenvalue weighted by Gasteiger charge is 2.31. The highest BCUT2D eigenvalue weighted by molar-refractivity contribution is 6.00. The third-order valence-corrected chi connectivity index (χ3v) is 4.97. The second-order valence-electron chi connectivity index (χ2n) is 7.52. The zero-order chi connectivity index (χ0) is 26.4. The molecule has 14 heteroatoms. The number of fused-ring (bicyclic) bond motifs is 1. The molecule has 0 unspecified atom stereocenters. The van der Waals surface area contributed by atoms with Crippen molar-refractivity contribution in [3.8, 4) is 5.69 Å². The molecule has 2 amide bonds. The molecule has 2 heterocycles. The maximum Gasteiger partial charge on any atom is 0.416 e. The molecular weight excluding hydrogens is 493 g/mol. The number of carbonyl (C=O) groups excluding carboxylic acids is 1. The number of aliphatic hydroxyl groups excluding tert-OH is 1. The molecule has 0 fully saturated rings. The first kappa shape index (κ1) is 25.4. The predicted octanol–water partition coefficient (Wildman–Crippen LogP) is 3.86. The molecule has 4 aromatic rings. The monoisotopic (exact) mass is 514 g/mol. The van der Waals surface area contributed by atoms with Gasteiger partial charge in [0.25, 0.3) is 0 Å². The predicted molar refractivity (Wildman–Crippen MR) is 131 cm³/mol. The van der Waals surface area contributed by atoms with Crippen LogP contribution in [-0.4, -0.2) is 57.1 Å². The van der Waals surface area contributed by atoms with Gasteiger partial charge in [0.2, 0.25) is 0 Å². The molecule has 2 aromatic heterocycles. The molecule has 0 atom stereocenters. The summed E-state index contributed by atoms with van der Waals surface area (Å²) in [6.45, 7) is -0.401. The quantitative estimate of drug-likeness (QED) is 0.159. The first-order valence-corrected chi connectivity index (χ1v) is 10.8. The summed E-state index contributed by atoms with van der Waals surface area (Å²) >= 11 is 0. The van der Waals surface area contributed by atoms with Crippen LogP contribution in [0.25, 0.3) is 16.9 Å². The van der Waals surface area contributed by atoms with Crippen LogP contribution < -0.4 is 16.0 Å². The first-order valence-electron chi connectivity index (χ1n) is 10.8. The Morgan fingerprint density at radius 3 is 2.57 bits per heavy atom. The van der Waals surface area contributed by atoms with E-state index in [1.54, 1.807) is 42.2 Å². The van der Waals surface area contributed by atoms with Gasteiger partial charge in [-0.15, -0.1) is 0 Å². The van der Waals surface area contributed by atoms with Crippen LogP contribution in [0, 0.1) is 0 Å². The van der Waals surface area contributed by atoms with Crippen LogP contribution >= 0.6 is 0 Å². The van der Waals surface area contributed by atoms with Gasteiger partial charge in [-0.2, -0.15) is 13.2 Å². The van der Waals surface area contributed by atoms with Gasteiger partial charge in [0.15, 0.2) is 17.0 Å². The molecule has 0 spiro atoms. The standard InChI is InChI=1S/C23H21F3N8O3/c1-27-20-19-21(29-12-28-20)34(13-30-19)18-4-2-16(3-5-18)32-22(36)33-17-9-14(11-31-37-7-6-35)8-15(10-17)23(24,25)26/h2-5,8-13,35H,6-7H2,1H3,(H,27,28,29)(H2,32,33,36). The van der Waals surface area contributed by atoms with E-state index in [0.29, 0.717) is 22.7 Å². The van der Waals surface area contributed by atoms with E-state index in [-0.39, 0.29) is 24.5 Å². The number of carbonyl (C=O) groups is 1. The lowest BCUT2D eigenvalue weighted by Crippen LogP contribution is -2.20. The van der Waals surface area contributed by atoms with Gasteiger partial charge >= 0.3 is 12.2 Å². The van der Waals surface area contributed by atoms with Crippen molar-refractivity contribution < 1.29 is 27.9 Å². The molecular formula is C23H21F3N8O3. The number of anilines is 3.